The van der Waals surface area contributed by atoms with Gasteiger partial charge in [0.2, 0.25) is 0 Å². The van der Waals surface area contributed by atoms with E-state index in [4.69, 9.17) is 0 Å². The molecule has 0 heterocycles. The molecule has 1 amide bonds. The highest BCUT2D eigenvalue weighted by Gasteiger charge is 2.01. The zero-order valence-electron chi connectivity index (χ0n) is 6.42. The number of carbonyl (C=O) groups excluding carboxylic acids is 1. The van der Waals surface area contributed by atoms with Gasteiger partial charge >= 0.3 is 0 Å². The van der Waals surface area contributed by atoms with E-state index in [1.807, 2.05) is 18.9 Å². The van der Waals surface area contributed by atoms with Gasteiger partial charge in [-0.3, -0.25) is 9.69 Å². The van der Waals surface area contributed by atoms with Crippen molar-refractivity contribution in [1.82, 2.24) is 10.3 Å². The summed E-state index contributed by atoms with van der Waals surface area (Å²) >= 11 is 0. The lowest BCUT2D eigenvalue weighted by Crippen LogP contribution is -2.32. The molecule has 0 aliphatic heterocycles. The summed E-state index contributed by atoms with van der Waals surface area (Å²) < 4.78 is 0. The third-order valence-corrected chi connectivity index (χ3v) is 1.16. The highest BCUT2D eigenvalue weighted by Crippen LogP contribution is 1.78. The van der Waals surface area contributed by atoms with Crippen molar-refractivity contribution in [3.63, 3.8) is 0 Å². The molecule has 0 aromatic heterocycles. The SMILES string of the molecule is C=NNC(=O)CN(C)CC. The fraction of sp³-hybridized carbons (Fsp3) is 0.667. The summed E-state index contributed by atoms with van der Waals surface area (Å²) in [5.74, 6) is -0.126. The Labute approximate surface area is 60.9 Å². The van der Waals surface area contributed by atoms with E-state index in [0.29, 0.717) is 6.54 Å². The molecule has 0 radical (unpaired) electrons. The normalized spacial score (nSPS) is 9.50. The van der Waals surface area contributed by atoms with Gasteiger partial charge in [-0.05, 0) is 13.6 Å². The maximum Gasteiger partial charge on any atom is 0.254 e. The maximum atomic E-state index is 10.7. The number of hydrazone groups is 1. The van der Waals surface area contributed by atoms with Crippen molar-refractivity contribution >= 4 is 12.6 Å². The predicted molar refractivity (Wildman–Crippen MR) is 40.9 cm³/mol. The minimum Gasteiger partial charge on any atom is -0.298 e. The Morgan fingerprint density at radius 2 is 2.40 bits per heavy atom. The molecule has 0 aliphatic carbocycles. The largest absolute Gasteiger partial charge is 0.298 e. The molecule has 10 heavy (non-hydrogen) atoms. The Morgan fingerprint density at radius 1 is 1.80 bits per heavy atom. The van der Waals surface area contributed by atoms with Crippen LogP contribution in [0.25, 0.3) is 0 Å². The second-order valence-corrected chi connectivity index (χ2v) is 2.02. The van der Waals surface area contributed by atoms with Crippen LogP contribution >= 0.6 is 0 Å². The first-order valence-corrected chi connectivity index (χ1v) is 3.13. The highest BCUT2D eigenvalue weighted by molar-refractivity contribution is 5.77. The summed E-state index contributed by atoms with van der Waals surface area (Å²) in [6.07, 6.45) is 0. The van der Waals surface area contributed by atoms with E-state index in [2.05, 4.69) is 17.2 Å². The zero-order valence-corrected chi connectivity index (χ0v) is 6.42. The van der Waals surface area contributed by atoms with Gasteiger partial charge < -0.3 is 0 Å². The molecule has 1 N–H and O–H groups in total. The Bertz CT molecular complexity index is 124. The van der Waals surface area contributed by atoms with Crippen molar-refractivity contribution in [1.29, 1.82) is 0 Å². The highest BCUT2D eigenvalue weighted by atomic mass is 16.2. The zero-order chi connectivity index (χ0) is 7.98. The molecular weight excluding hydrogens is 130 g/mol. The maximum absolute atomic E-state index is 10.7. The average molecular weight is 143 g/mol. The molecule has 0 rings (SSSR count). The van der Waals surface area contributed by atoms with Crippen LogP contribution < -0.4 is 5.43 Å². The van der Waals surface area contributed by atoms with Gasteiger partial charge in [0, 0.05) is 6.72 Å². The molecule has 0 fully saturated rings. The Hall–Kier alpha value is -0.900. The minimum atomic E-state index is -0.126. The fourth-order valence-corrected chi connectivity index (χ4v) is 0.480. The molecule has 0 aromatic carbocycles. The average Bonchev–Trinajstić information content (AvgIpc) is 1.88. The van der Waals surface area contributed by atoms with Crippen LogP contribution in [0.2, 0.25) is 0 Å². The number of nitrogens with zero attached hydrogens (tertiary/aromatic N) is 2. The number of carbonyl (C=O) groups is 1. The van der Waals surface area contributed by atoms with Gasteiger partial charge in [-0.15, -0.1) is 0 Å². The van der Waals surface area contributed by atoms with E-state index >= 15 is 0 Å². The monoisotopic (exact) mass is 143 g/mol. The molecule has 0 atom stereocenters. The van der Waals surface area contributed by atoms with Crippen molar-refractivity contribution < 1.29 is 4.79 Å². The van der Waals surface area contributed by atoms with E-state index in [9.17, 15) is 4.79 Å². The van der Waals surface area contributed by atoms with Crippen LogP contribution in [0.15, 0.2) is 5.10 Å². The molecule has 4 nitrogen and oxygen atoms in total. The Kier molecular flexibility index (Phi) is 4.49. The summed E-state index contributed by atoms with van der Waals surface area (Å²) in [5, 5.41) is 3.25. The first-order valence-electron chi connectivity index (χ1n) is 3.13. The van der Waals surface area contributed by atoms with Crippen LogP contribution in [0.5, 0.6) is 0 Å². The lowest BCUT2D eigenvalue weighted by atomic mass is 10.5. The smallest absolute Gasteiger partial charge is 0.254 e. The van der Waals surface area contributed by atoms with Crippen LogP contribution in [0, 0.1) is 0 Å². The van der Waals surface area contributed by atoms with Gasteiger partial charge in [-0.25, -0.2) is 5.43 Å². The second-order valence-electron chi connectivity index (χ2n) is 2.02. The molecule has 0 bridgehead atoms. The number of rotatable bonds is 4. The van der Waals surface area contributed by atoms with Gasteiger partial charge in [-0.1, -0.05) is 6.92 Å². The second kappa shape index (κ2) is 4.93. The number of likely N-dealkylation sites (N-methyl/N-ethyl adjacent to an activating group) is 1. The lowest BCUT2D eigenvalue weighted by molar-refractivity contribution is -0.121. The molecule has 0 saturated carbocycles. The van der Waals surface area contributed by atoms with Gasteiger partial charge in [0.25, 0.3) is 5.91 Å². The van der Waals surface area contributed by atoms with Gasteiger partial charge in [-0.2, -0.15) is 5.10 Å². The van der Waals surface area contributed by atoms with E-state index in [0.717, 1.165) is 6.54 Å². The molecule has 0 aromatic rings. The van der Waals surface area contributed by atoms with Gasteiger partial charge in [0.05, 0.1) is 6.54 Å². The van der Waals surface area contributed by atoms with E-state index < -0.39 is 0 Å². The third kappa shape index (κ3) is 4.03. The minimum absolute atomic E-state index is 0.126. The van der Waals surface area contributed by atoms with Crippen molar-refractivity contribution in [2.24, 2.45) is 5.10 Å². The fourth-order valence-electron chi connectivity index (χ4n) is 0.480. The van der Waals surface area contributed by atoms with Crippen molar-refractivity contribution in [3.8, 4) is 0 Å². The third-order valence-electron chi connectivity index (χ3n) is 1.16. The summed E-state index contributed by atoms with van der Waals surface area (Å²) in [6.45, 7) is 6.34. The van der Waals surface area contributed by atoms with Crippen LogP contribution in [0.4, 0.5) is 0 Å². The van der Waals surface area contributed by atoms with Crippen LogP contribution in [0.3, 0.4) is 0 Å². The summed E-state index contributed by atoms with van der Waals surface area (Å²) in [5.41, 5.74) is 2.24. The molecule has 58 valence electrons. The molecule has 0 spiro atoms. The molecule has 0 unspecified atom stereocenters. The van der Waals surface area contributed by atoms with Crippen molar-refractivity contribution in [2.45, 2.75) is 6.92 Å². The molecular formula is C6H13N3O. The molecule has 0 aliphatic rings. The Balaban J connectivity index is 3.46. The van der Waals surface area contributed by atoms with E-state index in [1.165, 1.54) is 0 Å². The van der Waals surface area contributed by atoms with E-state index in [-0.39, 0.29) is 5.91 Å². The van der Waals surface area contributed by atoms with Crippen LogP contribution in [0.1, 0.15) is 6.92 Å². The van der Waals surface area contributed by atoms with Crippen molar-refractivity contribution in [2.75, 3.05) is 20.1 Å². The number of amides is 1. The van der Waals surface area contributed by atoms with Crippen LogP contribution in [-0.4, -0.2) is 37.7 Å². The quantitative estimate of drug-likeness (QED) is 0.432. The summed E-state index contributed by atoms with van der Waals surface area (Å²) in [4.78, 5) is 12.6. The lowest BCUT2D eigenvalue weighted by Gasteiger charge is -2.10. The first-order chi connectivity index (χ1) is 4.70. The molecule has 0 saturated heterocycles. The standard InChI is InChI=1S/C6H13N3O/c1-4-9(3)5-6(10)8-7-2/h2,4-5H2,1,3H3,(H,8,10). The van der Waals surface area contributed by atoms with Gasteiger partial charge in [0.15, 0.2) is 0 Å². The van der Waals surface area contributed by atoms with Crippen molar-refractivity contribution in [3.05, 3.63) is 0 Å². The van der Waals surface area contributed by atoms with Gasteiger partial charge in [0.1, 0.15) is 0 Å². The first kappa shape index (κ1) is 9.10. The predicted octanol–water partition coefficient (Wildman–Crippen LogP) is -0.330. The number of nitrogens with one attached hydrogen (secondary N) is 1. The Morgan fingerprint density at radius 3 is 2.80 bits per heavy atom. The topological polar surface area (TPSA) is 44.7 Å². The number of hydrogen-bond donors (Lipinski definition) is 1. The number of hydrogen-bond acceptors (Lipinski definition) is 3. The summed E-state index contributed by atoms with van der Waals surface area (Å²) in [6, 6.07) is 0. The van der Waals surface area contributed by atoms with E-state index in [1.54, 1.807) is 0 Å². The van der Waals surface area contributed by atoms with Crippen LogP contribution in [-0.2, 0) is 4.79 Å². The summed E-state index contributed by atoms with van der Waals surface area (Å²) in [7, 11) is 1.86. The molecule has 4 heteroatoms.